The first-order valence-electron chi connectivity index (χ1n) is 5.38. The first-order chi connectivity index (χ1) is 9.27. The number of alkyl halides is 3. The third-order valence-corrected chi connectivity index (χ3v) is 2.44. The maximum atomic E-state index is 12.8. The molecule has 1 heterocycles. The number of nitrogens with zero attached hydrogens (tertiary/aromatic N) is 2. The number of aromatic nitrogens is 2. The Labute approximate surface area is 111 Å². The zero-order chi connectivity index (χ0) is 14.9. The lowest BCUT2D eigenvalue weighted by molar-refractivity contribution is -0.138. The number of halogens is 3. The summed E-state index contributed by atoms with van der Waals surface area (Å²) in [5, 5.41) is 12.6. The normalized spacial score (nSPS) is 11.4. The first kappa shape index (κ1) is 13.9. The number of carboxylic acid groups (broad SMARTS) is 1. The van der Waals surface area contributed by atoms with Crippen molar-refractivity contribution in [1.29, 1.82) is 0 Å². The number of carbonyl (C=O) groups is 1. The van der Waals surface area contributed by atoms with E-state index < -0.39 is 23.3 Å². The fourth-order valence-corrected chi connectivity index (χ4v) is 1.60. The Morgan fingerprint density at radius 2 is 2.05 bits per heavy atom. The van der Waals surface area contributed by atoms with Crippen molar-refractivity contribution >= 4 is 5.97 Å². The average molecular weight is 286 g/mol. The molecular formula is C12H9F3N2O3. The zero-order valence-corrected chi connectivity index (χ0v) is 10.2. The molecule has 2 aromatic rings. The van der Waals surface area contributed by atoms with Crippen molar-refractivity contribution < 1.29 is 27.8 Å². The lowest BCUT2D eigenvalue weighted by atomic mass is 10.1. The lowest BCUT2D eigenvalue weighted by Crippen LogP contribution is -2.12. The number of rotatable bonds is 3. The van der Waals surface area contributed by atoms with Gasteiger partial charge >= 0.3 is 12.1 Å². The summed E-state index contributed by atoms with van der Waals surface area (Å²) in [6.45, 7) is 0. The van der Waals surface area contributed by atoms with Gasteiger partial charge in [-0.1, -0.05) is 0 Å². The standard InChI is InChI=1S/C12H9F3N2O3/c1-17-6-8(5-16-17)20-7-2-3-9(11(18)19)10(4-7)12(13,14)15/h2-6H,1H3,(H,18,19). The second-order valence-corrected chi connectivity index (χ2v) is 3.96. The van der Waals surface area contributed by atoms with Crippen molar-refractivity contribution in [2.45, 2.75) is 6.18 Å². The molecule has 0 amide bonds. The molecule has 0 atom stereocenters. The average Bonchev–Trinajstić information content (AvgIpc) is 2.73. The Balaban J connectivity index is 2.39. The van der Waals surface area contributed by atoms with Gasteiger partial charge in [-0.25, -0.2) is 4.79 Å². The summed E-state index contributed by atoms with van der Waals surface area (Å²) < 4.78 is 45.0. The quantitative estimate of drug-likeness (QED) is 0.942. The van der Waals surface area contributed by atoms with Crippen LogP contribution in [0.1, 0.15) is 15.9 Å². The Hall–Kier alpha value is -2.51. The minimum atomic E-state index is -4.78. The van der Waals surface area contributed by atoms with Crippen molar-refractivity contribution in [1.82, 2.24) is 9.78 Å². The summed E-state index contributed by atoms with van der Waals surface area (Å²) in [4.78, 5) is 10.8. The van der Waals surface area contributed by atoms with Gasteiger partial charge < -0.3 is 9.84 Å². The summed E-state index contributed by atoms with van der Waals surface area (Å²) in [7, 11) is 1.63. The molecule has 0 unspecified atom stereocenters. The van der Waals surface area contributed by atoms with Crippen LogP contribution in [0.4, 0.5) is 13.2 Å². The van der Waals surface area contributed by atoms with E-state index in [1.807, 2.05) is 0 Å². The third-order valence-electron chi connectivity index (χ3n) is 2.44. The van der Waals surface area contributed by atoms with Crippen molar-refractivity contribution in [2.75, 3.05) is 0 Å². The highest BCUT2D eigenvalue weighted by Gasteiger charge is 2.35. The molecule has 0 saturated carbocycles. The summed E-state index contributed by atoms with van der Waals surface area (Å²) in [5.74, 6) is -1.51. The number of benzene rings is 1. The van der Waals surface area contributed by atoms with E-state index in [0.717, 1.165) is 12.1 Å². The molecule has 1 aromatic heterocycles. The van der Waals surface area contributed by atoms with Gasteiger partial charge in [0.25, 0.3) is 0 Å². The van der Waals surface area contributed by atoms with Gasteiger partial charge in [0.1, 0.15) is 5.75 Å². The Bertz CT molecular complexity index is 650. The smallest absolute Gasteiger partial charge is 0.417 e. The third kappa shape index (κ3) is 2.90. The molecule has 1 N–H and O–H groups in total. The largest absolute Gasteiger partial charge is 0.478 e. The van der Waals surface area contributed by atoms with Crippen molar-refractivity contribution in [3.63, 3.8) is 0 Å². The van der Waals surface area contributed by atoms with E-state index in [1.54, 1.807) is 7.05 Å². The summed E-state index contributed by atoms with van der Waals surface area (Å²) in [5.41, 5.74) is -2.08. The van der Waals surface area contributed by atoms with Crippen LogP contribution < -0.4 is 4.74 Å². The van der Waals surface area contributed by atoms with E-state index >= 15 is 0 Å². The van der Waals surface area contributed by atoms with Crippen molar-refractivity contribution in [2.24, 2.45) is 7.05 Å². The fourth-order valence-electron chi connectivity index (χ4n) is 1.60. The SMILES string of the molecule is Cn1cc(Oc2ccc(C(=O)O)c(C(F)(F)F)c2)cn1. The van der Waals surface area contributed by atoms with Crippen LogP contribution in [0.5, 0.6) is 11.5 Å². The molecule has 0 aliphatic rings. The first-order valence-corrected chi connectivity index (χ1v) is 5.38. The molecule has 20 heavy (non-hydrogen) atoms. The zero-order valence-electron chi connectivity index (χ0n) is 10.2. The molecule has 0 spiro atoms. The Morgan fingerprint density at radius 1 is 1.35 bits per heavy atom. The molecule has 0 aliphatic carbocycles. The van der Waals surface area contributed by atoms with E-state index in [1.165, 1.54) is 17.1 Å². The van der Waals surface area contributed by atoms with Crippen LogP contribution in [0.2, 0.25) is 0 Å². The van der Waals surface area contributed by atoms with Gasteiger partial charge in [-0.3, -0.25) is 4.68 Å². The molecule has 106 valence electrons. The summed E-state index contributed by atoms with van der Waals surface area (Å²) in [6, 6.07) is 2.67. The monoisotopic (exact) mass is 286 g/mol. The predicted molar refractivity (Wildman–Crippen MR) is 61.7 cm³/mol. The second-order valence-electron chi connectivity index (χ2n) is 3.96. The van der Waals surface area contributed by atoms with Crippen LogP contribution in [0.3, 0.4) is 0 Å². The van der Waals surface area contributed by atoms with Gasteiger partial charge in [-0.15, -0.1) is 0 Å². The highest BCUT2D eigenvalue weighted by atomic mass is 19.4. The number of aromatic carboxylic acids is 1. The minimum absolute atomic E-state index is 0.115. The number of aryl methyl sites for hydroxylation is 1. The lowest BCUT2D eigenvalue weighted by Gasteiger charge is -2.12. The van der Waals surface area contributed by atoms with Gasteiger partial charge in [0.2, 0.25) is 0 Å². The van der Waals surface area contributed by atoms with Crippen LogP contribution in [0, 0.1) is 0 Å². The molecule has 0 bridgehead atoms. The van der Waals surface area contributed by atoms with E-state index in [0.29, 0.717) is 6.07 Å². The maximum absolute atomic E-state index is 12.8. The molecule has 8 heteroatoms. The van der Waals surface area contributed by atoms with E-state index in [-0.39, 0.29) is 11.5 Å². The number of hydrogen-bond donors (Lipinski definition) is 1. The number of ether oxygens (including phenoxy) is 1. The predicted octanol–water partition coefficient (Wildman–Crippen LogP) is 2.93. The number of carboxylic acids is 1. The maximum Gasteiger partial charge on any atom is 0.417 e. The van der Waals surface area contributed by atoms with Gasteiger partial charge in [-0.2, -0.15) is 18.3 Å². The molecule has 1 aromatic carbocycles. The van der Waals surface area contributed by atoms with Crippen molar-refractivity contribution in [3.05, 3.63) is 41.7 Å². The van der Waals surface area contributed by atoms with Gasteiger partial charge in [-0.05, 0) is 18.2 Å². The van der Waals surface area contributed by atoms with Gasteiger partial charge in [0.15, 0.2) is 5.75 Å². The van der Waals surface area contributed by atoms with Crippen LogP contribution in [-0.2, 0) is 13.2 Å². The van der Waals surface area contributed by atoms with Crippen LogP contribution >= 0.6 is 0 Å². The molecule has 0 saturated heterocycles. The Kier molecular flexibility index (Phi) is 3.39. The fraction of sp³-hybridized carbons (Fsp3) is 0.167. The topological polar surface area (TPSA) is 64.3 Å². The van der Waals surface area contributed by atoms with Gasteiger partial charge in [0.05, 0.1) is 23.5 Å². The van der Waals surface area contributed by atoms with Gasteiger partial charge in [0, 0.05) is 7.05 Å². The number of hydrogen-bond acceptors (Lipinski definition) is 3. The van der Waals surface area contributed by atoms with E-state index in [9.17, 15) is 18.0 Å². The van der Waals surface area contributed by atoms with Crippen LogP contribution in [-0.4, -0.2) is 20.9 Å². The van der Waals surface area contributed by atoms with Crippen LogP contribution in [0.15, 0.2) is 30.6 Å². The molecule has 5 nitrogen and oxygen atoms in total. The molecular weight excluding hydrogens is 277 g/mol. The molecule has 2 rings (SSSR count). The summed E-state index contributed by atoms with van der Waals surface area (Å²) in [6.07, 6.45) is -1.97. The second kappa shape index (κ2) is 4.87. The van der Waals surface area contributed by atoms with Crippen LogP contribution in [0.25, 0.3) is 0 Å². The highest BCUT2D eigenvalue weighted by molar-refractivity contribution is 5.89. The summed E-state index contributed by atoms with van der Waals surface area (Å²) >= 11 is 0. The molecule has 0 fully saturated rings. The highest BCUT2D eigenvalue weighted by Crippen LogP contribution is 2.35. The minimum Gasteiger partial charge on any atom is -0.478 e. The van der Waals surface area contributed by atoms with E-state index in [2.05, 4.69) is 5.10 Å². The molecule has 0 radical (unpaired) electrons. The molecule has 0 aliphatic heterocycles. The van der Waals surface area contributed by atoms with Crippen molar-refractivity contribution in [3.8, 4) is 11.5 Å². The Morgan fingerprint density at radius 3 is 2.55 bits per heavy atom. The van der Waals surface area contributed by atoms with E-state index in [4.69, 9.17) is 9.84 Å².